The summed E-state index contributed by atoms with van der Waals surface area (Å²) < 4.78 is 11.3. The zero-order chi connectivity index (χ0) is 15.7. The molecule has 0 aliphatic carbocycles. The van der Waals surface area contributed by atoms with Gasteiger partial charge in [-0.2, -0.15) is 0 Å². The van der Waals surface area contributed by atoms with E-state index in [-0.39, 0.29) is 5.78 Å². The number of thioether (sulfide) groups is 1. The summed E-state index contributed by atoms with van der Waals surface area (Å²) >= 11 is 7.33. The van der Waals surface area contributed by atoms with Crippen LogP contribution in [-0.2, 0) is 0 Å². The predicted molar refractivity (Wildman–Crippen MR) is 88.3 cm³/mol. The Balaban J connectivity index is 1.67. The van der Waals surface area contributed by atoms with Crippen LogP contribution in [0.4, 0.5) is 0 Å². The molecule has 1 aliphatic rings. The van der Waals surface area contributed by atoms with Gasteiger partial charge in [-0.05, 0) is 42.5 Å². The van der Waals surface area contributed by atoms with E-state index in [9.17, 15) is 4.79 Å². The van der Waals surface area contributed by atoms with Gasteiger partial charge in [0, 0.05) is 29.3 Å². The van der Waals surface area contributed by atoms with Crippen LogP contribution in [0.15, 0.2) is 47.4 Å². The Bertz CT molecular complexity index is 710. The van der Waals surface area contributed by atoms with Crippen molar-refractivity contribution in [1.82, 2.24) is 0 Å². The van der Waals surface area contributed by atoms with Crippen molar-refractivity contribution in [3.8, 4) is 11.5 Å². The Morgan fingerprint density at radius 2 is 1.77 bits per heavy atom. The van der Waals surface area contributed by atoms with Crippen molar-refractivity contribution in [2.45, 2.75) is 24.5 Å². The summed E-state index contributed by atoms with van der Waals surface area (Å²) in [7, 11) is 0. The fourth-order valence-electron chi connectivity index (χ4n) is 2.16. The first-order valence-electron chi connectivity index (χ1n) is 6.87. The minimum absolute atomic E-state index is 0.0519. The van der Waals surface area contributed by atoms with Gasteiger partial charge in [0.15, 0.2) is 17.3 Å². The quantitative estimate of drug-likeness (QED) is 0.593. The zero-order valence-electron chi connectivity index (χ0n) is 12.3. The van der Waals surface area contributed by atoms with E-state index in [1.54, 1.807) is 18.2 Å². The number of benzene rings is 2. The number of fused-ring (bicyclic) bond motifs is 1. The average Bonchev–Trinajstić information content (AvgIpc) is 2.79. The smallest absolute Gasteiger partial charge is 0.246 e. The van der Waals surface area contributed by atoms with Gasteiger partial charge in [-0.1, -0.05) is 11.6 Å². The predicted octanol–water partition coefficient (Wildman–Crippen LogP) is 4.82. The van der Waals surface area contributed by atoms with Gasteiger partial charge in [-0.15, -0.1) is 11.8 Å². The fourth-order valence-corrected chi connectivity index (χ4v) is 3.08. The van der Waals surface area contributed by atoms with Crippen molar-refractivity contribution in [3.63, 3.8) is 0 Å². The number of halogens is 1. The molecule has 114 valence electrons. The highest BCUT2D eigenvalue weighted by Crippen LogP contribution is 2.39. The number of Topliss-reactive ketones (excluding diaryl/α,β-unsaturated/α-hetero) is 1. The van der Waals surface area contributed by atoms with E-state index in [4.69, 9.17) is 21.1 Å². The molecule has 0 radical (unpaired) electrons. The second-order valence-corrected chi connectivity index (χ2v) is 6.92. The number of hydrogen-bond donors (Lipinski definition) is 0. The van der Waals surface area contributed by atoms with Crippen LogP contribution in [0.1, 0.15) is 24.2 Å². The molecule has 2 aromatic rings. The number of carbonyl (C=O) groups is 1. The Morgan fingerprint density at radius 3 is 2.50 bits per heavy atom. The van der Waals surface area contributed by atoms with Gasteiger partial charge in [0.25, 0.3) is 0 Å². The van der Waals surface area contributed by atoms with Crippen molar-refractivity contribution in [1.29, 1.82) is 0 Å². The van der Waals surface area contributed by atoms with E-state index in [0.717, 1.165) is 4.90 Å². The topological polar surface area (TPSA) is 35.5 Å². The molecule has 3 rings (SSSR count). The molecule has 0 saturated carbocycles. The van der Waals surface area contributed by atoms with Crippen LogP contribution in [0, 0.1) is 0 Å². The molecule has 0 atom stereocenters. The Labute approximate surface area is 138 Å². The van der Waals surface area contributed by atoms with Crippen LogP contribution >= 0.6 is 23.4 Å². The fraction of sp³-hybridized carbons (Fsp3) is 0.235. The second-order valence-electron chi connectivity index (χ2n) is 5.43. The lowest BCUT2D eigenvalue weighted by molar-refractivity contribution is -0.0431. The molecule has 1 heterocycles. The monoisotopic (exact) mass is 334 g/mol. The summed E-state index contributed by atoms with van der Waals surface area (Å²) in [5, 5.41) is 0.689. The normalized spacial score (nSPS) is 14.9. The van der Waals surface area contributed by atoms with Gasteiger partial charge in [0.2, 0.25) is 5.79 Å². The van der Waals surface area contributed by atoms with Crippen molar-refractivity contribution < 1.29 is 14.3 Å². The number of ether oxygens (including phenoxy) is 2. The number of rotatable bonds is 4. The van der Waals surface area contributed by atoms with E-state index in [0.29, 0.717) is 27.8 Å². The molecule has 0 aromatic heterocycles. The molecule has 5 heteroatoms. The summed E-state index contributed by atoms with van der Waals surface area (Å²) in [5.74, 6) is 1.03. The summed E-state index contributed by atoms with van der Waals surface area (Å²) in [5.41, 5.74) is 0.626. The summed E-state index contributed by atoms with van der Waals surface area (Å²) in [6.07, 6.45) is 0. The van der Waals surface area contributed by atoms with E-state index in [2.05, 4.69) is 0 Å². The third-order valence-electron chi connectivity index (χ3n) is 3.16. The maximum absolute atomic E-state index is 12.3. The highest BCUT2D eigenvalue weighted by atomic mass is 35.5. The lowest BCUT2D eigenvalue weighted by atomic mass is 10.1. The van der Waals surface area contributed by atoms with Gasteiger partial charge in [0.05, 0.1) is 5.75 Å². The van der Waals surface area contributed by atoms with E-state index in [1.165, 1.54) is 11.8 Å². The number of hydrogen-bond acceptors (Lipinski definition) is 4. The Kier molecular flexibility index (Phi) is 4.06. The van der Waals surface area contributed by atoms with E-state index in [1.807, 2.05) is 38.1 Å². The first kappa shape index (κ1) is 15.3. The van der Waals surface area contributed by atoms with Crippen LogP contribution < -0.4 is 9.47 Å². The third kappa shape index (κ3) is 3.39. The van der Waals surface area contributed by atoms with Gasteiger partial charge < -0.3 is 9.47 Å². The van der Waals surface area contributed by atoms with Crippen LogP contribution in [0.5, 0.6) is 11.5 Å². The van der Waals surface area contributed by atoms with E-state index < -0.39 is 5.79 Å². The molecule has 0 N–H and O–H groups in total. The number of carbonyl (C=O) groups excluding carboxylic acids is 1. The summed E-state index contributed by atoms with van der Waals surface area (Å²) in [6.45, 7) is 3.68. The van der Waals surface area contributed by atoms with Gasteiger partial charge in [-0.3, -0.25) is 4.79 Å². The first-order chi connectivity index (χ1) is 10.4. The Hall–Kier alpha value is -1.65. The molecule has 0 spiro atoms. The van der Waals surface area contributed by atoms with Crippen molar-refractivity contribution in [3.05, 3.63) is 53.1 Å². The zero-order valence-corrected chi connectivity index (χ0v) is 13.8. The molecule has 0 fully saturated rings. The Morgan fingerprint density at radius 1 is 1.09 bits per heavy atom. The minimum atomic E-state index is -0.679. The van der Waals surface area contributed by atoms with Crippen LogP contribution in [0.25, 0.3) is 0 Å². The largest absolute Gasteiger partial charge is 0.449 e. The first-order valence-corrected chi connectivity index (χ1v) is 8.23. The van der Waals surface area contributed by atoms with Gasteiger partial charge in [-0.25, -0.2) is 0 Å². The maximum atomic E-state index is 12.3. The van der Waals surface area contributed by atoms with Crippen LogP contribution in [0.2, 0.25) is 5.02 Å². The van der Waals surface area contributed by atoms with Crippen LogP contribution in [-0.4, -0.2) is 17.3 Å². The third-order valence-corrected chi connectivity index (χ3v) is 4.42. The standard InChI is InChI=1S/C17H15ClO3S/c1-17(2)20-15-8-3-11(9-16(15)21-17)14(19)10-22-13-6-4-12(18)5-7-13/h3-9H,10H2,1-2H3. The summed E-state index contributed by atoms with van der Waals surface area (Å²) in [6, 6.07) is 12.7. The maximum Gasteiger partial charge on any atom is 0.246 e. The molecule has 0 saturated heterocycles. The molecule has 2 aromatic carbocycles. The molecule has 0 amide bonds. The van der Waals surface area contributed by atoms with Crippen molar-refractivity contribution >= 4 is 29.1 Å². The second kappa shape index (κ2) is 5.86. The molecule has 3 nitrogen and oxygen atoms in total. The summed E-state index contributed by atoms with van der Waals surface area (Å²) in [4.78, 5) is 13.3. The molecule has 0 bridgehead atoms. The van der Waals surface area contributed by atoms with Gasteiger partial charge >= 0.3 is 0 Å². The molecule has 0 unspecified atom stereocenters. The molecule has 22 heavy (non-hydrogen) atoms. The SMILES string of the molecule is CC1(C)Oc2ccc(C(=O)CSc3ccc(Cl)cc3)cc2O1. The molecular formula is C17H15ClO3S. The lowest BCUT2D eigenvalue weighted by Gasteiger charge is -2.16. The van der Waals surface area contributed by atoms with Crippen molar-refractivity contribution in [2.75, 3.05) is 5.75 Å². The molecule has 1 aliphatic heterocycles. The molecular weight excluding hydrogens is 320 g/mol. The highest BCUT2D eigenvalue weighted by molar-refractivity contribution is 8.00. The highest BCUT2D eigenvalue weighted by Gasteiger charge is 2.31. The van der Waals surface area contributed by atoms with Crippen molar-refractivity contribution in [2.24, 2.45) is 0 Å². The van der Waals surface area contributed by atoms with E-state index >= 15 is 0 Å². The number of ketones is 1. The lowest BCUT2D eigenvalue weighted by Crippen LogP contribution is -2.29. The minimum Gasteiger partial charge on any atom is -0.449 e. The van der Waals surface area contributed by atoms with Crippen LogP contribution in [0.3, 0.4) is 0 Å². The average molecular weight is 335 g/mol. The van der Waals surface area contributed by atoms with Gasteiger partial charge in [0.1, 0.15) is 0 Å².